The number of carbonyl (C=O) groups is 1. The van der Waals surface area contributed by atoms with E-state index >= 15 is 0 Å². The van der Waals surface area contributed by atoms with Crippen molar-refractivity contribution in [2.45, 2.75) is 32.2 Å². The molecule has 2 rings (SSSR count). The minimum Gasteiger partial charge on any atom is -0.394 e. The second kappa shape index (κ2) is 6.54. The smallest absolute Gasteiger partial charge is 0.272 e. The topological polar surface area (TPSA) is 67.2 Å². The molecule has 0 saturated carbocycles. The Hall–Kier alpha value is -2.14. The second-order valence-electron chi connectivity index (χ2n) is 5.08. The van der Waals surface area contributed by atoms with Crippen LogP contribution in [0.1, 0.15) is 37.2 Å². The van der Waals surface area contributed by atoms with E-state index in [-0.39, 0.29) is 12.5 Å². The zero-order valence-electron chi connectivity index (χ0n) is 12.4. The summed E-state index contributed by atoms with van der Waals surface area (Å²) in [4.78, 5) is 12.3. The lowest BCUT2D eigenvalue weighted by Crippen LogP contribution is -2.50. The predicted octanol–water partition coefficient (Wildman–Crippen LogP) is 2.15. The predicted molar refractivity (Wildman–Crippen MR) is 81.4 cm³/mol. The minimum atomic E-state index is -0.576. The second-order valence-corrected chi connectivity index (χ2v) is 5.08. The molecule has 1 aromatic carbocycles. The highest BCUT2D eigenvalue weighted by Gasteiger charge is 2.28. The Morgan fingerprint density at radius 2 is 1.90 bits per heavy atom. The molecule has 5 heteroatoms. The summed E-state index contributed by atoms with van der Waals surface area (Å²) < 4.78 is 1.66. The van der Waals surface area contributed by atoms with Crippen molar-refractivity contribution >= 4 is 5.91 Å². The fraction of sp³-hybridized carbons (Fsp3) is 0.375. The maximum atomic E-state index is 12.3. The third-order valence-corrected chi connectivity index (χ3v) is 3.88. The number of para-hydroxylation sites is 1. The zero-order chi connectivity index (χ0) is 15.3. The van der Waals surface area contributed by atoms with Crippen LogP contribution in [0.3, 0.4) is 0 Å². The Kier molecular flexibility index (Phi) is 4.75. The van der Waals surface area contributed by atoms with E-state index in [9.17, 15) is 9.90 Å². The molecule has 2 N–H and O–H groups in total. The first-order valence-electron chi connectivity index (χ1n) is 7.18. The fourth-order valence-corrected chi connectivity index (χ4v) is 2.16. The van der Waals surface area contributed by atoms with Gasteiger partial charge in [-0.05, 0) is 31.0 Å². The summed E-state index contributed by atoms with van der Waals surface area (Å²) in [5.74, 6) is -0.262. The number of hydrogen-bond acceptors (Lipinski definition) is 3. The summed E-state index contributed by atoms with van der Waals surface area (Å²) in [7, 11) is 0. The van der Waals surface area contributed by atoms with Gasteiger partial charge in [0, 0.05) is 6.20 Å². The first kappa shape index (κ1) is 15.3. The van der Waals surface area contributed by atoms with Crippen LogP contribution in [0.2, 0.25) is 0 Å². The molecule has 0 spiro atoms. The maximum absolute atomic E-state index is 12.3. The van der Waals surface area contributed by atoms with Crippen molar-refractivity contribution in [3.8, 4) is 5.69 Å². The fourth-order valence-electron chi connectivity index (χ4n) is 2.16. The van der Waals surface area contributed by atoms with Crippen molar-refractivity contribution in [3.05, 3.63) is 48.3 Å². The standard InChI is InChI=1S/C16H21N3O2/c1-3-16(4-2,12-20)17-15(21)14-10-11-19(18-14)13-8-6-5-7-9-13/h5-11,20H,3-4,12H2,1-2H3,(H,17,21). The van der Waals surface area contributed by atoms with Gasteiger partial charge in [0.2, 0.25) is 0 Å². The number of benzene rings is 1. The molecule has 0 fully saturated rings. The SMILES string of the molecule is CCC(CC)(CO)NC(=O)c1ccn(-c2ccccc2)n1. The number of amides is 1. The molecule has 0 aliphatic rings. The highest BCUT2D eigenvalue weighted by atomic mass is 16.3. The highest BCUT2D eigenvalue weighted by Crippen LogP contribution is 2.15. The summed E-state index contributed by atoms with van der Waals surface area (Å²) in [5.41, 5.74) is 0.669. The number of nitrogens with one attached hydrogen (secondary N) is 1. The van der Waals surface area contributed by atoms with E-state index in [4.69, 9.17) is 0 Å². The lowest BCUT2D eigenvalue weighted by molar-refractivity contribution is 0.0812. The third-order valence-electron chi connectivity index (χ3n) is 3.88. The van der Waals surface area contributed by atoms with Crippen molar-refractivity contribution < 1.29 is 9.90 Å². The van der Waals surface area contributed by atoms with Gasteiger partial charge >= 0.3 is 0 Å². The Morgan fingerprint density at radius 3 is 2.48 bits per heavy atom. The van der Waals surface area contributed by atoms with Crippen LogP contribution in [0.15, 0.2) is 42.6 Å². The summed E-state index contributed by atoms with van der Waals surface area (Å²) in [5, 5.41) is 16.7. The number of nitrogens with zero attached hydrogens (tertiary/aromatic N) is 2. The zero-order valence-corrected chi connectivity index (χ0v) is 12.4. The number of rotatable bonds is 6. The average molecular weight is 287 g/mol. The summed E-state index contributed by atoms with van der Waals surface area (Å²) in [6.45, 7) is 3.82. The monoisotopic (exact) mass is 287 g/mol. The quantitative estimate of drug-likeness (QED) is 0.855. The van der Waals surface area contributed by atoms with Crippen LogP contribution in [0.25, 0.3) is 5.69 Å². The van der Waals surface area contributed by atoms with Crippen LogP contribution in [0.4, 0.5) is 0 Å². The van der Waals surface area contributed by atoms with Gasteiger partial charge in [0.05, 0.1) is 17.8 Å². The van der Waals surface area contributed by atoms with E-state index in [1.54, 1.807) is 16.9 Å². The molecule has 1 amide bonds. The minimum absolute atomic E-state index is 0.0782. The van der Waals surface area contributed by atoms with E-state index in [0.717, 1.165) is 5.69 Å². The van der Waals surface area contributed by atoms with E-state index in [0.29, 0.717) is 18.5 Å². The highest BCUT2D eigenvalue weighted by molar-refractivity contribution is 5.92. The van der Waals surface area contributed by atoms with Crippen LogP contribution >= 0.6 is 0 Å². The van der Waals surface area contributed by atoms with Gasteiger partial charge in [-0.2, -0.15) is 5.10 Å². The summed E-state index contributed by atoms with van der Waals surface area (Å²) >= 11 is 0. The molecule has 0 bridgehead atoms. The van der Waals surface area contributed by atoms with E-state index in [1.165, 1.54) is 0 Å². The van der Waals surface area contributed by atoms with Crippen molar-refractivity contribution in [2.24, 2.45) is 0 Å². The average Bonchev–Trinajstić information content (AvgIpc) is 3.04. The van der Waals surface area contributed by atoms with Gasteiger partial charge in [-0.3, -0.25) is 4.79 Å². The molecule has 1 aromatic heterocycles. The number of aliphatic hydroxyl groups excluding tert-OH is 1. The molecule has 5 nitrogen and oxygen atoms in total. The largest absolute Gasteiger partial charge is 0.394 e. The van der Waals surface area contributed by atoms with Gasteiger partial charge in [-0.25, -0.2) is 4.68 Å². The molecule has 1 heterocycles. The van der Waals surface area contributed by atoms with Crippen LogP contribution in [0.5, 0.6) is 0 Å². The molecule has 0 unspecified atom stereocenters. The molecule has 21 heavy (non-hydrogen) atoms. The first-order valence-corrected chi connectivity index (χ1v) is 7.18. The van der Waals surface area contributed by atoms with Crippen LogP contribution in [-0.2, 0) is 0 Å². The van der Waals surface area contributed by atoms with Crippen molar-refractivity contribution in [1.82, 2.24) is 15.1 Å². The lowest BCUT2D eigenvalue weighted by Gasteiger charge is -2.30. The molecular weight excluding hydrogens is 266 g/mol. The van der Waals surface area contributed by atoms with Crippen LogP contribution in [-0.4, -0.2) is 32.9 Å². The van der Waals surface area contributed by atoms with Gasteiger partial charge in [0.15, 0.2) is 5.69 Å². The number of aromatic nitrogens is 2. The third kappa shape index (κ3) is 3.31. The number of carbonyl (C=O) groups excluding carboxylic acids is 1. The molecule has 2 aromatic rings. The van der Waals surface area contributed by atoms with Crippen LogP contribution < -0.4 is 5.32 Å². The summed E-state index contributed by atoms with van der Waals surface area (Å²) in [6, 6.07) is 11.3. The first-order chi connectivity index (χ1) is 10.1. The Labute approximate surface area is 124 Å². The van der Waals surface area contributed by atoms with E-state index in [2.05, 4.69) is 10.4 Å². The molecule has 0 atom stereocenters. The van der Waals surface area contributed by atoms with E-state index in [1.807, 2.05) is 44.2 Å². The van der Waals surface area contributed by atoms with Crippen molar-refractivity contribution in [2.75, 3.05) is 6.61 Å². The Balaban J connectivity index is 2.16. The van der Waals surface area contributed by atoms with E-state index < -0.39 is 5.54 Å². The normalized spacial score (nSPS) is 11.4. The van der Waals surface area contributed by atoms with Crippen LogP contribution in [0, 0.1) is 0 Å². The van der Waals surface area contributed by atoms with Gasteiger partial charge < -0.3 is 10.4 Å². The molecule has 0 aliphatic carbocycles. The molecule has 0 saturated heterocycles. The summed E-state index contributed by atoms with van der Waals surface area (Å²) in [6.07, 6.45) is 3.10. The van der Waals surface area contributed by atoms with Gasteiger partial charge in [-0.1, -0.05) is 32.0 Å². The van der Waals surface area contributed by atoms with Gasteiger partial charge in [0.25, 0.3) is 5.91 Å². The maximum Gasteiger partial charge on any atom is 0.272 e. The molecule has 112 valence electrons. The lowest BCUT2D eigenvalue weighted by atomic mass is 9.94. The van der Waals surface area contributed by atoms with Crippen molar-refractivity contribution in [1.29, 1.82) is 0 Å². The number of hydrogen-bond donors (Lipinski definition) is 2. The Bertz CT molecular complexity index is 580. The number of aliphatic hydroxyl groups is 1. The van der Waals surface area contributed by atoms with Gasteiger partial charge in [-0.15, -0.1) is 0 Å². The molecule has 0 radical (unpaired) electrons. The Morgan fingerprint density at radius 1 is 1.24 bits per heavy atom. The van der Waals surface area contributed by atoms with Gasteiger partial charge in [0.1, 0.15) is 0 Å². The van der Waals surface area contributed by atoms with Crippen molar-refractivity contribution in [3.63, 3.8) is 0 Å². The molecule has 0 aliphatic heterocycles. The molecular formula is C16H21N3O2.